The first kappa shape index (κ1) is 20.8. The summed E-state index contributed by atoms with van der Waals surface area (Å²) in [6.45, 7) is -0.405. The number of benzene rings is 1. The van der Waals surface area contributed by atoms with Crippen LogP contribution in [-0.2, 0) is 20.9 Å². The molecule has 0 radical (unpaired) electrons. The molecular weight excluding hydrogens is 371 g/mol. The molecule has 0 bridgehead atoms. The van der Waals surface area contributed by atoms with Crippen LogP contribution in [0.2, 0.25) is 0 Å². The van der Waals surface area contributed by atoms with Gasteiger partial charge in [0.1, 0.15) is 18.0 Å². The van der Waals surface area contributed by atoms with Crippen molar-refractivity contribution in [1.82, 2.24) is 10.2 Å². The van der Waals surface area contributed by atoms with E-state index in [4.69, 9.17) is 4.74 Å². The number of ether oxygens (including phenoxy) is 1. The number of fused-ring (bicyclic) bond motifs is 1. The van der Waals surface area contributed by atoms with E-state index in [0.29, 0.717) is 0 Å². The first-order chi connectivity index (χ1) is 12.0. The maximum Gasteiger partial charge on any atom is 1.00 e. The number of nitrogens with zero attached hydrogens (tertiary/aromatic N) is 1. The predicted molar refractivity (Wildman–Crippen MR) is 85.8 cm³/mol. The summed E-state index contributed by atoms with van der Waals surface area (Å²) in [5.41, 5.74) is 0.715. The molecule has 2 aliphatic heterocycles. The van der Waals surface area contributed by atoms with E-state index >= 15 is 0 Å². The number of carboxylic acids is 1. The summed E-state index contributed by atoms with van der Waals surface area (Å²) in [7, 11) is 0. The Hall–Kier alpha value is -1.52. The van der Waals surface area contributed by atoms with Crippen LogP contribution >= 0.6 is 11.8 Å². The van der Waals surface area contributed by atoms with Gasteiger partial charge in [0, 0.05) is 5.75 Å². The van der Waals surface area contributed by atoms with Crippen molar-refractivity contribution in [2.75, 3.05) is 12.4 Å². The molecule has 1 aromatic carbocycles. The summed E-state index contributed by atoms with van der Waals surface area (Å²) in [6.07, 6.45) is -0.755. The fourth-order valence-corrected chi connectivity index (χ4v) is 4.02. The third-order valence-corrected chi connectivity index (χ3v) is 5.26. The summed E-state index contributed by atoms with van der Waals surface area (Å²) >= 11 is 1.26. The second-order valence-corrected chi connectivity index (χ2v) is 6.60. The van der Waals surface area contributed by atoms with Gasteiger partial charge in [-0.25, -0.2) is 4.79 Å². The van der Waals surface area contributed by atoms with Crippen molar-refractivity contribution in [2.24, 2.45) is 0 Å². The molecular formula is C16H15N2NaO6S. The standard InChI is InChI=1S/C16H16N2O6S.Na/c19-6-10-8-25-14-11(13(20)18(14)12(10)15(21)22)17-16(23)24-7-9-4-2-1-3-5-9;/h1-5,11,14,19H,6-8H2,(H,17,23)(H,21,22);/q;+1/p-1/t11?,14-;/m1./s1. The maximum atomic E-state index is 12.2. The first-order valence-electron chi connectivity index (χ1n) is 7.49. The average molecular weight is 386 g/mol. The number of hydrogen-bond donors (Lipinski definition) is 2. The Labute approximate surface area is 175 Å². The second kappa shape index (κ2) is 8.92. The van der Waals surface area contributed by atoms with Gasteiger partial charge < -0.3 is 25.1 Å². The molecule has 8 nitrogen and oxygen atoms in total. The number of carboxylic acid groups (broad SMARTS) is 1. The molecule has 10 heteroatoms. The molecule has 26 heavy (non-hydrogen) atoms. The van der Waals surface area contributed by atoms with Crippen molar-refractivity contribution in [3.8, 4) is 0 Å². The molecule has 2 aliphatic rings. The SMILES string of the molecule is O=C(NC1C(=O)N2C(C(=O)[O-])=C(CO)CS[C@H]12)OCc1ccccc1.[Na+]. The zero-order valence-electron chi connectivity index (χ0n) is 14.0. The van der Waals surface area contributed by atoms with E-state index in [1.807, 2.05) is 18.2 Å². The zero-order valence-corrected chi connectivity index (χ0v) is 16.8. The molecule has 3 rings (SSSR count). The summed E-state index contributed by atoms with van der Waals surface area (Å²) in [6, 6.07) is 8.20. The van der Waals surface area contributed by atoms with Gasteiger partial charge in [-0.3, -0.25) is 9.69 Å². The molecule has 2 atom stereocenters. The minimum Gasteiger partial charge on any atom is -0.543 e. The van der Waals surface area contributed by atoms with Gasteiger partial charge in [0.15, 0.2) is 0 Å². The Morgan fingerprint density at radius 3 is 2.65 bits per heavy atom. The number of alkyl carbamates (subject to hydrolysis) is 1. The zero-order chi connectivity index (χ0) is 18.0. The third-order valence-electron chi connectivity index (χ3n) is 3.92. The van der Waals surface area contributed by atoms with Crippen molar-refractivity contribution in [3.05, 3.63) is 47.2 Å². The van der Waals surface area contributed by atoms with E-state index in [0.717, 1.165) is 10.5 Å². The van der Waals surface area contributed by atoms with Gasteiger partial charge in [-0.05, 0) is 11.1 Å². The Balaban J connectivity index is 0.00000243. The van der Waals surface area contributed by atoms with Gasteiger partial charge in [0.25, 0.3) is 5.91 Å². The molecule has 2 heterocycles. The van der Waals surface area contributed by atoms with Gasteiger partial charge in [0.2, 0.25) is 0 Å². The largest absolute Gasteiger partial charge is 1.00 e. The quantitative estimate of drug-likeness (QED) is 0.393. The van der Waals surface area contributed by atoms with E-state index in [9.17, 15) is 24.6 Å². The van der Waals surface area contributed by atoms with Crippen LogP contribution in [0.3, 0.4) is 0 Å². The fourth-order valence-electron chi connectivity index (χ4n) is 2.69. The molecule has 1 aromatic rings. The molecule has 2 amide bonds. The van der Waals surface area contributed by atoms with Crippen LogP contribution in [0.15, 0.2) is 41.6 Å². The number of hydrogen-bond acceptors (Lipinski definition) is 7. The van der Waals surface area contributed by atoms with Gasteiger partial charge in [-0.2, -0.15) is 0 Å². The number of amides is 2. The number of carbonyl (C=O) groups excluding carboxylic acids is 3. The van der Waals surface area contributed by atoms with Gasteiger partial charge in [-0.1, -0.05) is 30.3 Å². The minimum atomic E-state index is -1.52. The number of β-lactam (4-membered cyclic amide) rings is 1. The monoisotopic (exact) mass is 386 g/mol. The molecule has 2 N–H and O–H groups in total. The minimum absolute atomic E-state index is 0. The number of carbonyl (C=O) groups is 3. The van der Waals surface area contributed by atoms with Crippen LogP contribution in [0, 0.1) is 0 Å². The van der Waals surface area contributed by atoms with Crippen molar-refractivity contribution in [2.45, 2.75) is 18.0 Å². The number of thioether (sulfide) groups is 1. The third kappa shape index (κ3) is 4.07. The normalized spacial score (nSPS) is 21.3. The summed E-state index contributed by atoms with van der Waals surface area (Å²) in [5.74, 6) is -1.85. The van der Waals surface area contributed by atoms with Crippen molar-refractivity contribution >= 4 is 29.7 Å². The molecule has 0 spiro atoms. The van der Waals surface area contributed by atoms with E-state index < -0.39 is 36.0 Å². The summed E-state index contributed by atoms with van der Waals surface area (Å²) < 4.78 is 5.07. The smallest absolute Gasteiger partial charge is 0.543 e. The molecule has 0 aliphatic carbocycles. The van der Waals surface area contributed by atoms with E-state index in [-0.39, 0.29) is 53.2 Å². The van der Waals surface area contributed by atoms with Crippen molar-refractivity contribution in [1.29, 1.82) is 0 Å². The van der Waals surface area contributed by atoms with Crippen LogP contribution in [0.4, 0.5) is 4.79 Å². The fraction of sp³-hybridized carbons (Fsp3) is 0.312. The number of aliphatic hydroxyl groups excluding tert-OH is 1. The molecule has 0 saturated carbocycles. The van der Waals surface area contributed by atoms with E-state index in [2.05, 4.69) is 5.32 Å². The Kier molecular flexibility index (Phi) is 7.13. The Morgan fingerprint density at radius 2 is 2.04 bits per heavy atom. The van der Waals surface area contributed by atoms with E-state index in [1.54, 1.807) is 12.1 Å². The second-order valence-electron chi connectivity index (χ2n) is 5.49. The molecule has 1 unspecified atom stereocenters. The van der Waals surface area contributed by atoms with Crippen molar-refractivity contribution in [3.63, 3.8) is 0 Å². The number of aliphatic carboxylic acids is 1. The predicted octanol–water partition coefficient (Wildman–Crippen LogP) is -3.80. The Morgan fingerprint density at radius 1 is 1.35 bits per heavy atom. The van der Waals surface area contributed by atoms with Crippen LogP contribution < -0.4 is 40.0 Å². The molecule has 1 fully saturated rings. The molecule has 0 aromatic heterocycles. The maximum absolute atomic E-state index is 12.2. The van der Waals surface area contributed by atoms with E-state index in [1.165, 1.54) is 11.8 Å². The number of aliphatic hydroxyl groups is 1. The first-order valence-corrected chi connectivity index (χ1v) is 8.54. The summed E-state index contributed by atoms with van der Waals surface area (Å²) in [5, 5.41) is 22.4. The number of rotatable bonds is 5. The van der Waals surface area contributed by atoms with Crippen LogP contribution in [0.25, 0.3) is 0 Å². The number of nitrogens with one attached hydrogen (secondary N) is 1. The van der Waals surface area contributed by atoms with Crippen LogP contribution in [-0.4, -0.2) is 51.8 Å². The van der Waals surface area contributed by atoms with Crippen molar-refractivity contribution < 1.29 is 58.9 Å². The van der Waals surface area contributed by atoms with Gasteiger partial charge >= 0.3 is 35.7 Å². The van der Waals surface area contributed by atoms with Gasteiger partial charge in [-0.15, -0.1) is 11.8 Å². The Bertz CT molecular complexity index is 742. The van der Waals surface area contributed by atoms with Crippen LogP contribution in [0.5, 0.6) is 0 Å². The average Bonchev–Trinajstić information content (AvgIpc) is 2.63. The van der Waals surface area contributed by atoms with Crippen LogP contribution in [0.1, 0.15) is 5.56 Å². The molecule has 132 valence electrons. The molecule has 1 saturated heterocycles. The summed E-state index contributed by atoms with van der Waals surface area (Å²) in [4.78, 5) is 36.4. The topological polar surface area (TPSA) is 119 Å². The van der Waals surface area contributed by atoms with Gasteiger partial charge in [0.05, 0.1) is 18.3 Å².